The van der Waals surface area contributed by atoms with Gasteiger partial charge in [0.25, 0.3) is 0 Å². The standard InChI is InChI=1S/C27H33FN4O4S/c1-16-7-8-19(26(37)17(16)2)12-25(34)30-24-6-4-5-11-31(24)23-10-9-20(13-22(23)28)32-15-21(36-27(32)35)14-29-18(3)33/h7-10,13,21,24,37H,4-6,11-12,14-15H2,1-3H3,(H,29,33)(H,30,34)/t21-,24-/m0/s1. The summed E-state index contributed by atoms with van der Waals surface area (Å²) in [6, 6.07) is 8.53. The maximum Gasteiger partial charge on any atom is 0.414 e. The third-order valence-electron chi connectivity index (χ3n) is 6.97. The van der Waals surface area contributed by atoms with Gasteiger partial charge in [0.05, 0.1) is 30.9 Å². The van der Waals surface area contributed by atoms with E-state index in [2.05, 4.69) is 23.3 Å². The van der Waals surface area contributed by atoms with Crippen LogP contribution < -0.4 is 20.4 Å². The largest absolute Gasteiger partial charge is 0.442 e. The summed E-state index contributed by atoms with van der Waals surface area (Å²) >= 11 is 4.59. The highest BCUT2D eigenvalue weighted by Crippen LogP contribution is 2.31. The molecule has 2 fully saturated rings. The molecule has 4 rings (SSSR count). The molecular weight excluding hydrogens is 495 g/mol. The first-order valence-corrected chi connectivity index (χ1v) is 12.9. The van der Waals surface area contributed by atoms with Crippen LogP contribution >= 0.6 is 12.6 Å². The fourth-order valence-corrected chi connectivity index (χ4v) is 5.10. The van der Waals surface area contributed by atoms with E-state index in [1.54, 1.807) is 12.1 Å². The average molecular weight is 529 g/mol. The Morgan fingerprint density at radius 3 is 2.70 bits per heavy atom. The minimum absolute atomic E-state index is 0.141. The monoisotopic (exact) mass is 528 g/mol. The molecule has 2 aromatic rings. The molecule has 10 heteroatoms. The molecule has 2 aliphatic rings. The van der Waals surface area contributed by atoms with Crippen LogP contribution in [0.15, 0.2) is 35.2 Å². The first kappa shape index (κ1) is 26.8. The van der Waals surface area contributed by atoms with Gasteiger partial charge in [-0.05, 0) is 68.0 Å². The lowest BCUT2D eigenvalue weighted by Crippen LogP contribution is -2.51. The second-order valence-corrected chi connectivity index (χ2v) is 10.1. The molecule has 37 heavy (non-hydrogen) atoms. The number of ether oxygens (including phenoxy) is 1. The summed E-state index contributed by atoms with van der Waals surface area (Å²) in [6.45, 7) is 6.40. The van der Waals surface area contributed by atoms with Crippen molar-refractivity contribution in [3.8, 4) is 0 Å². The lowest BCUT2D eigenvalue weighted by molar-refractivity contribution is -0.121. The predicted molar refractivity (Wildman–Crippen MR) is 143 cm³/mol. The number of piperidine rings is 1. The van der Waals surface area contributed by atoms with Crippen molar-refractivity contribution in [1.82, 2.24) is 10.6 Å². The highest BCUT2D eigenvalue weighted by atomic mass is 32.1. The van der Waals surface area contributed by atoms with Gasteiger partial charge >= 0.3 is 6.09 Å². The number of hydrogen-bond donors (Lipinski definition) is 3. The van der Waals surface area contributed by atoms with Gasteiger partial charge in [-0.1, -0.05) is 12.1 Å². The molecule has 0 aliphatic carbocycles. The molecule has 0 saturated carbocycles. The van der Waals surface area contributed by atoms with Crippen molar-refractivity contribution >= 4 is 41.9 Å². The Bertz CT molecular complexity index is 1210. The molecule has 8 nitrogen and oxygen atoms in total. The molecule has 3 amide bonds. The van der Waals surface area contributed by atoms with E-state index in [9.17, 15) is 14.4 Å². The molecule has 0 unspecified atom stereocenters. The lowest BCUT2D eigenvalue weighted by atomic mass is 10.0. The summed E-state index contributed by atoms with van der Waals surface area (Å²) in [5.74, 6) is -0.839. The third kappa shape index (κ3) is 6.18. The van der Waals surface area contributed by atoms with Crippen LogP contribution in [-0.2, 0) is 20.7 Å². The van der Waals surface area contributed by atoms with Crippen molar-refractivity contribution in [3.05, 3.63) is 52.8 Å². The van der Waals surface area contributed by atoms with Crippen LogP contribution in [0.1, 0.15) is 42.9 Å². The zero-order valence-electron chi connectivity index (χ0n) is 21.3. The number of benzene rings is 2. The number of hydrogen-bond acceptors (Lipinski definition) is 6. The van der Waals surface area contributed by atoms with Crippen LogP contribution in [0.3, 0.4) is 0 Å². The van der Waals surface area contributed by atoms with Gasteiger partial charge in [-0.3, -0.25) is 14.5 Å². The van der Waals surface area contributed by atoms with Crippen molar-refractivity contribution in [3.63, 3.8) is 0 Å². The normalized spacial score (nSPS) is 19.5. The van der Waals surface area contributed by atoms with Gasteiger partial charge in [0.2, 0.25) is 11.8 Å². The summed E-state index contributed by atoms with van der Waals surface area (Å²) in [5.41, 5.74) is 3.79. The highest BCUT2D eigenvalue weighted by molar-refractivity contribution is 7.80. The number of aryl methyl sites for hydroxylation is 1. The maximum absolute atomic E-state index is 15.4. The number of nitrogens with one attached hydrogen (secondary N) is 2. The van der Waals surface area contributed by atoms with E-state index in [4.69, 9.17) is 4.74 Å². The Kier molecular flexibility index (Phi) is 8.26. The molecule has 2 saturated heterocycles. The Balaban J connectivity index is 1.45. The number of rotatable bonds is 7. The van der Waals surface area contributed by atoms with Gasteiger partial charge in [0, 0.05) is 18.4 Å². The molecule has 0 radical (unpaired) electrons. The van der Waals surface area contributed by atoms with Crippen LogP contribution in [0.4, 0.5) is 20.6 Å². The second kappa shape index (κ2) is 11.4. The van der Waals surface area contributed by atoms with Gasteiger partial charge in [-0.25, -0.2) is 9.18 Å². The molecule has 2 atom stereocenters. The third-order valence-corrected chi connectivity index (χ3v) is 7.59. The zero-order chi connectivity index (χ0) is 26.7. The van der Waals surface area contributed by atoms with Crippen molar-refractivity contribution in [2.45, 2.75) is 63.6 Å². The van der Waals surface area contributed by atoms with Crippen LogP contribution in [-0.4, -0.2) is 49.8 Å². The van der Waals surface area contributed by atoms with Crippen molar-refractivity contribution < 1.29 is 23.5 Å². The first-order valence-electron chi connectivity index (χ1n) is 12.5. The van der Waals surface area contributed by atoms with Gasteiger partial charge < -0.3 is 20.3 Å². The summed E-state index contributed by atoms with van der Waals surface area (Å²) in [5, 5.41) is 5.70. The molecule has 0 bridgehead atoms. The van der Waals surface area contributed by atoms with E-state index in [0.29, 0.717) is 24.3 Å². The Hall–Kier alpha value is -3.27. The number of amides is 3. The van der Waals surface area contributed by atoms with Crippen molar-refractivity contribution in [1.29, 1.82) is 0 Å². The highest BCUT2D eigenvalue weighted by Gasteiger charge is 2.33. The molecule has 198 valence electrons. The van der Waals surface area contributed by atoms with Crippen LogP contribution in [0.2, 0.25) is 0 Å². The smallest absolute Gasteiger partial charge is 0.414 e. The second-order valence-electron chi connectivity index (χ2n) is 9.65. The lowest BCUT2D eigenvalue weighted by Gasteiger charge is -2.38. The molecule has 0 spiro atoms. The minimum Gasteiger partial charge on any atom is -0.442 e. The van der Waals surface area contributed by atoms with E-state index < -0.39 is 18.0 Å². The first-order chi connectivity index (χ1) is 17.6. The molecule has 0 aromatic heterocycles. The van der Waals surface area contributed by atoms with E-state index in [-0.39, 0.29) is 37.5 Å². The van der Waals surface area contributed by atoms with Gasteiger partial charge in [-0.15, -0.1) is 12.6 Å². The average Bonchev–Trinajstić information content (AvgIpc) is 3.24. The Morgan fingerprint density at radius 2 is 1.97 bits per heavy atom. The number of nitrogens with zero attached hydrogens (tertiary/aromatic N) is 2. The van der Waals surface area contributed by atoms with Crippen molar-refractivity contribution in [2.75, 3.05) is 29.4 Å². The summed E-state index contributed by atoms with van der Waals surface area (Å²) in [4.78, 5) is 40.4. The van der Waals surface area contributed by atoms with Crippen LogP contribution in [0.25, 0.3) is 0 Å². The topological polar surface area (TPSA) is 91.0 Å². The van der Waals surface area contributed by atoms with Gasteiger partial charge in [0.15, 0.2) is 0 Å². The number of carbonyl (C=O) groups excluding carboxylic acids is 3. The fourth-order valence-electron chi connectivity index (χ4n) is 4.77. The molecule has 2 aromatic carbocycles. The van der Waals surface area contributed by atoms with E-state index in [1.165, 1.54) is 17.9 Å². The van der Waals surface area contributed by atoms with Gasteiger partial charge in [0.1, 0.15) is 18.1 Å². The van der Waals surface area contributed by atoms with E-state index in [0.717, 1.165) is 34.4 Å². The molecule has 2 heterocycles. The van der Waals surface area contributed by atoms with Gasteiger partial charge in [-0.2, -0.15) is 0 Å². The minimum atomic E-state index is -0.583. The number of anilines is 2. The Morgan fingerprint density at radius 1 is 1.19 bits per heavy atom. The number of thiol groups is 1. The van der Waals surface area contributed by atoms with Crippen molar-refractivity contribution in [2.24, 2.45) is 0 Å². The van der Waals surface area contributed by atoms with E-state index in [1.807, 2.05) is 30.9 Å². The predicted octanol–water partition coefficient (Wildman–Crippen LogP) is 3.87. The number of halogens is 1. The fraction of sp³-hybridized carbons (Fsp3) is 0.444. The molecular formula is C27H33FN4O4S. The zero-order valence-corrected chi connectivity index (χ0v) is 22.2. The number of carbonyl (C=O) groups is 3. The van der Waals surface area contributed by atoms with E-state index >= 15 is 4.39 Å². The Labute approximate surface area is 221 Å². The summed E-state index contributed by atoms with van der Waals surface area (Å²) in [6.07, 6.45) is 1.29. The maximum atomic E-state index is 15.4. The summed E-state index contributed by atoms with van der Waals surface area (Å²) < 4.78 is 20.6. The molecule has 2 N–H and O–H groups in total. The SMILES string of the molecule is CC(=O)NC[C@H]1CN(c2ccc(N3CCCC[C@H]3NC(=O)Cc3ccc(C)c(C)c3S)c(F)c2)C(=O)O1. The molecule has 2 aliphatic heterocycles. The summed E-state index contributed by atoms with van der Waals surface area (Å²) in [7, 11) is 0. The quantitative estimate of drug-likeness (QED) is 0.475. The van der Waals surface area contributed by atoms with Crippen LogP contribution in [0, 0.1) is 19.7 Å². The number of cyclic esters (lactones) is 1. The van der Waals surface area contributed by atoms with Crippen LogP contribution in [0.5, 0.6) is 0 Å².